The fourth-order valence-electron chi connectivity index (χ4n) is 3.17. The zero-order valence-corrected chi connectivity index (χ0v) is 13.9. The van der Waals surface area contributed by atoms with Gasteiger partial charge in [0, 0.05) is 13.1 Å². The lowest BCUT2D eigenvalue weighted by atomic mass is 10.2. The third-order valence-corrected chi connectivity index (χ3v) is 4.53. The highest BCUT2D eigenvalue weighted by Gasteiger charge is 2.14. The van der Waals surface area contributed by atoms with Crippen molar-refractivity contribution in [1.82, 2.24) is 20.0 Å². The van der Waals surface area contributed by atoms with Crippen LogP contribution in [0.4, 0.5) is 5.82 Å². The van der Waals surface area contributed by atoms with E-state index in [1.165, 1.54) is 25.7 Å². The molecule has 0 unspecified atom stereocenters. The summed E-state index contributed by atoms with van der Waals surface area (Å²) in [6.45, 7) is 2.14. The first kappa shape index (κ1) is 14.9. The minimum atomic E-state index is 0.793. The summed E-state index contributed by atoms with van der Waals surface area (Å²) in [5.74, 6) is 1.84. The fraction of sp³-hybridized carbons (Fsp3) is 0.389. The Morgan fingerprint density at radius 2 is 1.67 bits per heavy atom. The summed E-state index contributed by atoms with van der Waals surface area (Å²) in [4.78, 5) is 7.22. The van der Waals surface area contributed by atoms with Crippen molar-refractivity contribution >= 4 is 17.0 Å². The van der Waals surface area contributed by atoms with Crippen LogP contribution in [0.2, 0.25) is 0 Å². The molecule has 2 aromatic heterocycles. The average Bonchev–Trinajstić information content (AvgIpc) is 2.86. The van der Waals surface area contributed by atoms with Gasteiger partial charge in [0.05, 0.1) is 12.8 Å². The largest absolute Gasteiger partial charge is 0.497 e. The lowest BCUT2D eigenvalue weighted by Crippen LogP contribution is -2.24. The number of ether oxygens (including phenoxy) is 1. The lowest BCUT2D eigenvalue weighted by Gasteiger charge is -2.21. The van der Waals surface area contributed by atoms with Gasteiger partial charge in [0.25, 0.3) is 0 Å². The zero-order chi connectivity index (χ0) is 16.4. The van der Waals surface area contributed by atoms with Gasteiger partial charge in [-0.2, -0.15) is 4.68 Å². The third kappa shape index (κ3) is 2.79. The molecule has 124 valence electrons. The van der Waals surface area contributed by atoms with Gasteiger partial charge in [-0.15, -0.1) is 5.10 Å². The Labute approximate surface area is 141 Å². The van der Waals surface area contributed by atoms with E-state index >= 15 is 0 Å². The highest BCUT2D eigenvalue weighted by atomic mass is 16.5. The molecule has 4 rings (SSSR count). The number of nitrogens with zero attached hydrogens (tertiary/aromatic N) is 5. The second kappa shape index (κ2) is 6.47. The number of hydrogen-bond donors (Lipinski definition) is 0. The van der Waals surface area contributed by atoms with Gasteiger partial charge in [0.15, 0.2) is 5.65 Å². The summed E-state index contributed by atoms with van der Waals surface area (Å²) in [6, 6.07) is 11.8. The minimum Gasteiger partial charge on any atom is -0.497 e. The summed E-state index contributed by atoms with van der Waals surface area (Å²) >= 11 is 0. The smallest absolute Gasteiger partial charge is 0.185 e. The highest BCUT2D eigenvalue weighted by molar-refractivity contribution is 5.74. The Morgan fingerprint density at radius 1 is 0.917 bits per heavy atom. The molecular formula is C18H21N5O. The molecule has 0 spiro atoms. The van der Waals surface area contributed by atoms with E-state index < -0.39 is 0 Å². The van der Waals surface area contributed by atoms with Gasteiger partial charge in [-0.25, -0.2) is 4.98 Å². The third-order valence-electron chi connectivity index (χ3n) is 4.53. The molecule has 3 heterocycles. The molecular weight excluding hydrogens is 302 g/mol. The first-order chi connectivity index (χ1) is 11.8. The van der Waals surface area contributed by atoms with Crippen LogP contribution >= 0.6 is 0 Å². The van der Waals surface area contributed by atoms with Crippen molar-refractivity contribution in [3.8, 4) is 11.4 Å². The molecule has 0 bridgehead atoms. The van der Waals surface area contributed by atoms with E-state index in [2.05, 4.69) is 21.3 Å². The number of pyridine rings is 1. The van der Waals surface area contributed by atoms with Crippen molar-refractivity contribution in [1.29, 1.82) is 0 Å². The van der Waals surface area contributed by atoms with E-state index in [9.17, 15) is 0 Å². The van der Waals surface area contributed by atoms with Gasteiger partial charge in [-0.1, -0.05) is 18.1 Å². The monoisotopic (exact) mass is 323 g/mol. The van der Waals surface area contributed by atoms with Gasteiger partial charge < -0.3 is 9.64 Å². The molecule has 1 saturated heterocycles. The number of benzene rings is 1. The molecule has 6 heteroatoms. The molecule has 0 radical (unpaired) electrons. The normalized spacial score (nSPS) is 15.5. The summed E-state index contributed by atoms with van der Waals surface area (Å²) in [5, 5.41) is 8.51. The highest BCUT2D eigenvalue weighted by Crippen LogP contribution is 2.22. The second-order valence-electron chi connectivity index (χ2n) is 6.11. The van der Waals surface area contributed by atoms with Crippen molar-refractivity contribution in [2.45, 2.75) is 25.7 Å². The molecule has 0 atom stereocenters. The van der Waals surface area contributed by atoms with Crippen LogP contribution in [0, 0.1) is 0 Å². The number of anilines is 1. The molecule has 1 aromatic carbocycles. The number of methoxy groups -OCH3 is 1. The SMILES string of the molecule is COc1ccc(-n2nnc3ccc(N4CCCCCC4)nc32)cc1. The first-order valence-electron chi connectivity index (χ1n) is 8.47. The Bertz CT molecular complexity index is 819. The summed E-state index contributed by atoms with van der Waals surface area (Å²) in [5.41, 5.74) is 2.53. The van der Waals surface area contributed by atoms with E-state index in [0.717, 1.165) is 41.5 Å². The average molecular weight is 323 g/mol. The van der Waals surface area contributed by atoms with Crippen LogP contribution in [0.1, 0.15) is 25.7 Å². The van der Waals surface area contributed by atoms with Gasteiger partial charge >= 0.3 is 0 Å². The van der Waals surface area contributed by atoms with Crippen molar-refractivity contribution in [2.75, 3.05) is 25.1 Å². The summed E-state index contributed by atoms with van der Waals surface area (Å²) in [6.07, 6.45) is 5.08. The first-order valence-corrected chi connectivity index (χ1v) is 8.47. The summed E-state index contributed by atoms with van der Waals surface area (Å²) < 4.78 is 7.00. The molecule has 1 aliphatic heterocycles. The van der Waals surface area contributed by atoms with E-state index in [1.807, 2.05) is 30.3 Å². The minimum absolute atomic E-state index is 0.793. The van der Waals surface area contributed by atoms with E-state index in [0.29, 0.717) is 0 Å². The molecule has 3 aromatic rings. The van der Waals surface area contributed by atoms with Crippen molar-refractivity contribution < 1.29 is 4.74 Å². The maximum atomic E-state index is 5.22. The second-order valence-corrected chi connectivity index (χ2v) is 6.11. The molecule has 0 amide bonds. The number of hydrogen-bond acceptors (Lipinski definition) is 5. The maximum Gasteiger partial charge on any atom is 0.185 e. The van der Waals surface area contributed by atoms with Crippen molar-refractivity contribution in [3.63, 3.8) is 0 Å². The number of rotatable bonds is 3. The van der Waals surface area contributed by atoms with Crippen molar-refractivity contribution in [3.05, 3.63) is 36.4 Å². The van der Waals surface area contributed by atoms with Crippen LogP contribution in [0.3, 0.4) is 0 Å². The molecule has 24 heavy (non-hydrogen) atoms. The maximum absolute atomic E-state index is 5.22. The van der Waals surface area contributed by atoms with Crippen LogP contribution in [-0.2, 0) is 0 Å². The Balaban J connectivity index is 1.72. The van der Waals surface area contributed by atoms with E-state index in [1.54, 1.807) is 11.8 Å². The summed E-state index contributed by atoms with van der Waals surface area (Å²) in [7, 11) is 1.66. The van der Waals surface area contributed by atoms with Crippen LogP contribution in [-0.4, -0.2) is 40.2 Å². The molecule has 6 nitrogen and oxygen atoms in total. The van der Waals surface area contributed by atoms with E-state index in [4.69, 9.17) is 9.72 Å². The molecule has 0 aliphatic carbocycles. The van der Waals surface area contributed by atoms with Crippen LogP contribution < -0.4 is 9.64 Å². The van der Waals surface area contributed by atoms with Gasteiger partial charge in [-0.3, -0.25) is 0 Å². The van der Waals surface area contributed by atoms with Crippen molar-refractivity contribution in [2.24, 2.45) is 0 Å². The Morgan fingerprint density at radius 3 is 2.38 bits per heavy atom. The standard InChI is InChI=1S/C18H21N5O/c1-24-15-8-6-14(7-9-15)23-18-16(20-21-23)10-11-17(19-18)22-12-4-2-3-5-13-22/h6-11H,2-5,12-13H2,1H3. The predicted octanol–water partition coefficient (Wildman–Crippen LogP) is 3.20. The van der Waals surface area contributed by atoms with Gasteiger partial charge in [0.1, 0.15) is 17.1 Å². The predicted molar refractivity (Wildman–Crippen MR) is 93.9 cm³/mol. The lowest BCUT2D eigenvalue weighted by molar-refractivity contribution is 0.414. The van der Waals surface area contributed by atoms with E-state index in [-0.39, 0.29) is 0 Å². The molecule has 0 saturated carbocycles. The topological polar surface area (TPSA) is 56.1 Å². The van der Waals surface area contributed by atoms with Crippen LogP contribution in [0.15, 0.2) is 36.4 Å². The molecule has 1 aliphatic rings. The van der Waals surface area contributed by atoms with Crippen LogP contribution in [0.5, 0.6) is 5.75 Å². The number of fused-ring (bicyclic) bond motifs is 1. The molecule has 1 fully saturated rings. The Kier molecular flexibility index (Phi) is 4.02. The van der Waals surface area contributed by atoms with Gasteiger partial charge in [0.2, 0.25) is 0 Å². The Hall–Kier alpha value is -2.63. The van der Waals surface area contributed by atoms with Gasteiger partial charge in [-0.05, 0) is 49.2 Å². The number of aromatic nitrogens is 4. The molecule has 0 N–H and O–H groups in total. The zero-order valence-electron chi connectivity index (χ0n) is 13.9. The quantitative estimate of drug-likeness (QED) is 0.741. The van der Waals surface area contributed by atoms with Crippen LogP contribution in [0.25, 0.3) is 16.9 Å². The fourth-order valence-corrected chi connectivity index (χ4v) is 3.17.